The average molecular weight is 288 g/mol. The number of hydrogen-bond acceptors (Lipinski definition) is 2. The minimum Gasteiger partial charge on any atom is -0.319 e. The molecule has 1 fully saturated rings. The van der Waals surface area contributed by atoms with Gasteiger partial charge in [0.25, 0.3) is 0 Å². The zero-order valence-electron chi connectivity index (χ0n) is 13.9. The maximum Gasteiger partial charge on any atom is 0.241 e. The van der Waals surface area contributed by atoms with Crippen LogP contribution in [0.15, 0.2) is 24.3 Å². The summed E-state index contributed by atoms with van der Waals surface area (Å²) in [5.41, 5.74) is 2.46. The SMILES string of the molecule is CCC(C)C1NC(c2ccccc2C)N(C(C)CC)C1=O. The molecular weight excluding hydrogens is 260 g/mol. The third-order valence-electron chi connectivity index (χ3n) is 4.90. The molecule has 1 heterocycles. The Morgan fingerprint density at radius 3 is 2.43 bits per heavy atom. The van der Waals surface area contributed by atoms with Crippen LogP contribution in [0.25, 0.3) is 0 Å². The van der Waals surface area contributed by atoms with Crippen molar-refractivity contribution in [3.8, 4) is 0 Å². The molecule has 21 heavy (non-hydrogen) atoms. The van der Waals surface area contributed by atoms with Crippen molar-refractivity contribution in [3.05, 3.63) is 35.4 Å². The van der Waals surface area contributed by atoms with Gasteiger partial charge in [-0.15, -0.1) is 0 Å². The largest absolute Gasteiger partial charge is 0.319 e. The van der Waals surface area contributed by atoms with Crippen molar-refractivity contribution in [2.45, 2.75) is 65.7 Å². The van der Waals surface area contributed by atoms with Crippen LogP contribution in [-0.4, -0.2) is 22.9 Å². The number of carbonyl (C=O) groups excluding carboxylic acids is 1. The van der Waals surface area contributed by atoms with Gasteiger partial charge in [0, 0.05) is 6.04 Å². The summed E-state index contributed by atoms with van der Waals surface area (Å²) < 4.78 is 0. The fourth-order valence-electron chi connectivity index (χ4n) is 3.05. The summed E-state index contributed by atoms with van der Waals surface area (Å²) in [6.07, 6.45) is 1.99. The molecule has 1 aliphatic rings. The van der Waals surface area contributed by atoms with Crippen LogP contribution in [0.2, 0.25) is 0 Å². The minimum atomic E-state index is -0.0615. The van der Waals surface area contributed by atoms with Crippen molar-refractivity contribution in [1.82, 2.24) is 10.2 Å². The number of hydrogen-bond donors (Lipinski definition) is 1. The van der Waals surface area contributed by atoms with Gasteiger partial charge in [-0.25, -0.2) is 0 Å². The Bertz CT molecular complexity index is 500. The van der Waals surface area contributed by atoms with Gasteiger partial charge in [-0.05, 0) is 37.3 Å². The number of rotatable bonds is 5. The van der Waals surface area contributed by atoms with Crippen LogP contribution in [0.5, 0.6) is 0 Å². The minimum absolute atomic E-state index is 0.00708. The number of benzene rings is 1. The summed E-state index contributed by atoms with van der Waals surface area (Å²) >= 11 is 0. The van der Waals surface area contributed by atoms with Gasteiger partial charge in [0.1, 0.15) is 6.17 Å². The summed E-state index contributed by atoms with van der Waals surface area (Å²) in [5, 5.41) is 3.59. The van der Waals surface area contributed by atoms with E-state index in [0.717, 1.165) is 12.8 Å². The first-order valence-electron chi connectivity index (χ1n) is 8.14. The summed E-state index contributed by atoms with van der Waals surface area (Å²) in [6, 6.07) is 8.55. The lowest BCUT2D eigenvalue weighted by molar-refractivity contribution is -0.133. The molecule has 3 nitrogen and oxygen atoms in total. The highest BCUT2D eigenvalue weighted by Crippen LogP contribution is 2.32. The zero-order valence-corrected chi connectivity index (χ0v) is 13.9. The smallest absolute Gasteiger partial charge is 0.241 e. The van der Waals surface area contributed by atoms with E-state index < -0.39 is 0 Å². The zero-order chi connectivity index (χ0) is 15.6. The fraction of sp³-hybridized carbons (Fsp3) is 0.611. The highest BCUT2D eigenvalue weighted by atomic mass is 16.2. The summed E-state index contributed by atoms with van der Waals surface area (Å²) in [6.45, 7) is 10.7. The molecule has 1 aromatic rings. The molecule has 1 aromatic carbocycles. The van der Waals surface area contributed by atoms with Crippen LogP contribution in [0, 0.1) is 12.8 Å². The lowest BCUT2D eigenvalue weighted by atomic mass is 9.99. The Morgan fingerprint density at radius 2 is 1.86 bits per heavy atom. The first-order valence-corrected chi connectivity index (χ1v) is 8.14. The van der Waals surface area contributed by atoms with Crippen LogP contribution in [0.3, 0.4) is 0 Å². The highest BCUT2D eigenvalue weighted by Gasteiger charge is 2.43. The molecule has 1 saturated heterocycles. The van der Waals surface area contributed by atoms with E-state index in [4.69, 9.17) is 0 Å². The van der Waals surface area contributed by atoms with Gasteiger partial charge in [-0.3, -0.25) is 10.1 Å². The van der Waals surface area contributed by atoms with Crippen molar-refractivity contribution in [2.24, 2.45) is 5.92 Å². The highest BCUT2D eigenvalue weighted by molar-refractivity contribution is 5.85. The summed E-state index contributed by atoms with van der Waals surface area (Å²) in [4.78, 5) is 14.9. The summed E-state index contributed by atoms with van der Waals surface area (Å²) in [5.74, 6) is 0.616. The number of aryl methyl sites for hydroxylation is 1. The van der Waals surface area contributed by atoms with E-state index in [1.807, 2.05) is 0 Å². The second-order valence-electron chi connectivity index (χ2n) is 6.29. The number of nitrogens with one attached hydrogen (secondary N) is 1. The van der Waals surface area contributed by atoms with E-state index in [1.54, 1.807) is 0 Å². The Kier molecular flexibility index (Phi) is 5.04. The molecule has 4 unspecified atom stereocenters. The van der Waals surface area contributed by atoms with Gasteiger partial charge in [0.2, 0.25) is 5.91 Å². The molecule has 3 heteroatoms. The molecule has 1 aliphatic heterocycles. The van der Waals surface area contributed by atoms with Crippen LogP contribution in [0.1, 0.15) is 57.8 Å². The molecule has 2 rings (SSSR count). The quantitative estimate of drug-likeness (QED) is 0.897. The van der Waals surface area contributed by atoms with Crippen molar-refractivity contribution >= 4 is 5.91 Å². The standard InChI is InChI=1S/C18H28N2O/c1-6-12(3)16-18(21)20(14(5)7-2)17(19-16)15-11-9-8-10-13(15)4/h8-12,14,16-17,19H,6-7H2,1-5H3. The van der Waals surface area contributed by atoms with Gasteiger partial charge in [0.05, 0.1) is 6.04 Å². The maximum absolute atomic E-state index is 12.9. The van der Waals surface area contributed by atoms with Gasteiger partial charge < -0.3 is 4.90 Å². The first-order chi connectivity index (χ1) is 10.0. The number of amides is 1. The maximum atomic E-state index is 12.9. The van der Waals surface area contributed by atoms with E-state index in [9.17, 15) is 4.79 Å². The predicted octanol–water partition coefficient (Wildman–Crippen LogP) is 3.64. The van der Waals surface area contributed by atoms with E-state index in [-0.39, 0.29) is 24.2 Å². The van der Waals surface area contributed by atoms with Gasteiger partial charge >= 0.3 is 0 Å². The van der Waals surface area contributed by atoms with Crippen LogP contribution in [0.4, 0.5) is 0 Å². The van der Waals surface area contributed by atoms with Crippen molar-refractivity contribution in [1.29, 1.82) is 0 Å². The van der Waals surface area contributed by atoms with Crippen LogP contribution >= 0.6 is 0 Å². The Labute approximate surface area is 128 Å². The van der Waals surface area contributed by atoms with Gasteiger partial charge in [-0.1, -0.05) is 51.5 Å². The molecule has 0 spiro atoms. The Hall–Kier alpha value is -1.35. The van der Waals surface area contributed by atoms with Crippen molar-refractivity contribution < 1.29 is 4.79 Å². The lowest BCUT2D eigenvalue weighted by Gasteiger charge is -2.30. The predicted molar refractivity (Wildman–Crippen MR) is 86.9 cm³/mol. The Balaban J connectivity index is 2.38. The molecule has 0 aliphatic carbocycles. The van der Waals surface area contributed by atoms with Gasteiger partial charge in [-0.2, -0.15) is 0 Å². The van der Waals surface area contributed by atoms with Gasteiger partial charge in [0.15, 0.2) is 0 Å². The molecule has 0 radical (unpaired) electrons. The molecular formula is C18H28N2O. The molecule has 116 valence electrons. The third kappa shape index (κ3) is 2.98. The number of carbonyl (C=O) groups is 1. The monoisotopic (exact) mass is 288 g/mol. The molecule has 0 saturated carbocycles. The summed E-state index contributed by atoms with van der Waals surface area (Å²) in [7, 11) is 0. The van der Waals surface area contributed by atoms with Crippen molar-refractivity contribution in [2.75, 3.05) is 0 Å². The van der Waals surface area contributed by atoms with E-state index in [1.165, 1.54) is 11.1 Å². The molecule has 1 N–H and O–H groups in total. The number of nitrogens with zero attached hydrogens (tertiary/aromatic N) is 1. The lowest BCUT2D eigenvalue weighted by Crippen LogP contribution is -2.39. The second-order valence-corrected chi connectivity index (χ2v) is 6.29. The third-order valence-corrected chi connectivity index (χ3v) is 4.90. The van der Waals surface area contributed by atoms with E-state index >= 15 is 0 Å². The van der Waals surface area contributed by atoms with Crippen molar-refractivity contribution in [3.63, 3.8) is 0 Å². The molecule has 0 bridgehead atoms. The molecule has 0 aromatic heterocycles. The normalized spacial score (nSPS) is 25.2. The second kappa shape index (κ2) is 6.61. The Morgan fingerprint density at radius 1 is 1.19 bits per heavy atom. The van der Waals surface area contributed by atoms with Crippen LogP contribution < -0.4 is 5.32 Å². The topological polar surface area (TPSA) is 32.3 Å². The van der Waals surface area contributed by atoms with E-state index in [0.29, 0.717) is 5.92 Å². The first kappa shape index (κ1) is 16.0. The molecule has 1 amide bonds. The van der Waals surface area contributed by atoms with Crippen LogP contribution in [-0.2, 0) is 4.79 Å². The average Bonchev–Trinajstić information content (AvgIpc) is 2.83. The van der Waals surface area contributed by atoms with E-state index in [2.05, 4.69) is 69.1 Å². The fourth-order valence-corrected chi connectivity index (χ4v) is 3.05. The molecule has 4 atom stereocenters.